The van der Waals surface area contributed by atoms with Crippen molar-refractivity contribution in [2.45, 2.75) is 25.4 Å². The van der Waals surface area contributed by atoms with E-state index in [0.717, 1.165) is 32.0 Å². The Morgan fingerprint density at radius 2 is 2.11 bits per heavy atom. The van der Waals surface area contributed by atoms with Crippen molar-refractivity contribution in [1.82, 2.24) is 5.32 Å². The lowest BCUT2D eigenvalue weighted by molar-refractivity contribution is -0.138. The molecule has 1 saturated heterocycles. The van der Waals surface area contributed by atoms with Gasteiger partial charge in [0, 0.05) is 5.02 Å². The van der Waals surface area contributed by atoms with E-state index in [1.165, 1.54) is 6.07 Å². The topological polar surface area (TPSA) is 32.3 Å². The summed E-state index contributed by atoms with van der Waals surface area (Å²) in [6, 6.07) is 2.18. The summed E-state index contributed by atoms with van der Waals surface area (Å²) in [5.74, 6) is -0.457. The Labute approximate surface area is 114 Å². The molecule has 1 heterocycles. The summed E-state index contributed by atoms with van der Waals surface area (Å²) < 4.78 is 38.3. The number of rotatable bonds is 2. The van der Waals surface area contributed by atoms with Gasteiger partial charge in [-0.25, -0.2) is 0 Å². The molecule has 0 bridgehead atoms. The number of piperidine rings is 1. The molecule has 0 spiro atoms. The zero-order valence-electron chi connectivity index (χ0n) is 10.2. The highest BCUT2D eigenvalue weighted by Gasteiger charge is 2.35. The van der Waals surface area contributed by atoms with E-state index in [-0.39, 0.29) is 16.5 Å². The van der Waals surface area contributed by atoms with Crippen molar-refractivity contribution in [3.05, 3.63) is 28.3 Å². The fourth-order valence-electron chi connectivity index (χ4n) is 2.44. The van der Waals surface area contributed by atoms with Gasteiger partial charge in [0.15, 0.2) is 0 Å². The third kappa shape index (κ3) is 3.54. The fraction of sp³-hybridized carbons (Fsp3) is 0.538. The van der Waals surface area contributed by atoms with Crippen LogP contribution in [0.15, 0.2) is 12.1 Å². The number of phenolic OH excluding ortho intramolecular Hbond substituents is 1. The highest BCUT2D eigenvalue weighted by atomic mass is 35.5. The number of halogens is 4. The van der Waals surface area contributed by atoms with Gasteiger partial charge in [0.2, 0.25) is 0 Å². The van der Waals surface area contributed by atoms with Crippen molar-refractivity contribution in [2.24, 2.45) is 5.92 Å². The van der Waals surface area contributed by atoms with Crippen LogP contribution < -0.4 is 5.32 Å². The van der Waals surface area contributed by atoms with Crippen LogP contribution in [0.2, 0.25) is 5.02 Å². The van der Waals surface area contributed by atoms with E-state index in [9.17, 15) is 18.3 Å². The number of aromatic hydroxyl groups is 1. The second kappa shape index (κ2) is 5.59. The molecule has 2 N–H and O–H groups in total. The molecule has 0 amide bonds. The number of nitrogens with one attached hydrogen (secondary N) is 1. The molecular formula is C13H15ClF3NO. The van der Waals surface area contributed by atoms with Crippen LogP contribution in [0.25, 0.3) is 0 Å². The maximum Gasteiger partial charge on any atom is 0.420 e. The molecule has 2 nitrogen and oxygen atoms in total. The molecule has 0 radical (unpaired) electrons. The van der Waals surface area contributed by atoms with Crippen molar-refractivity contribution in [3.63, 3.8) is 0 Å². The van der Waals surface area contributed by atoms with E-state index in [2.05, 4.69) is 5.32 Å². The molecule has 1 aromatic rings. The molecular weight excluding hydrogens is 279 g/mol. The van der Waals surface area contributed by atoms with Crippen LogP contribution in [0, 0.1) is 5.92 Å². The molecule has 1 unspecified atom stereocenters. The van der Waals surface area contributed by atoms with Gasteiger partial charge in [0.25, 0.3) is 0 Å². The lowest BCUT2D eigenvalue weighted by Gasteiger charge is -2.23. The minimum atomic E-state index is -4.59. The summed E-state index contributed by atoms with van der Waals surface area (Å²) >= 11 is 5.72. The highest BCUT2D eigenvalue weighted by molar-refractivity contribution is 6.30. The zero-order chi connectivity index (χ0) is 14.0. The first-order valence-corrected chi connectivity index (χ1v) is 6.55. The monoisotopic (exact) mass is 293 g/mol. The van der Waals surface area contributed by atoms with E-state index in [1.807, 2.05) is 0 Å². The van der Waals surface area contributed by atoms with E-state index >= 15 is 0 Å². The number of hydrogen-bond acceptors (Lipinski definition) is 2. The van der Waals surface area contributed by atoms with Crippen LogP contribution >= 0.6 is 11.6 Å². The molecule has 19 heavy (non-hydrogen) atoms. The predicted molar refractivity (Wildman–Crippen MR) is 67.4 cm³/mol. The number of benzene rings is 1. The van der Waals surface area contributed by atoms with Crippen LogP contribution in [0.1, 0.15) is 24.0 Å². The van der Waals surface area contributed by atoms with Crippen molar-refractivity contribution >= 4 is 11.6 Å². The van der Waals surface area contributed by atoms with Crippen LogP contribution in [0.3, 0.4) is 0 Å². The van der Waals surface area contributed by atoms with E-state index in [1.54, 1.807) is 0 Å². The van der Waals surface area contributed by atoms with Crippen molar-refractivity contribution < 1.29 is 18.3 Å². The Hall–Kier alpha value is -0.940. The standard InChI is InChI=1S/C13H15ClF3NO/c14-10-5-9(4-8-2-1-3-18-7-8)12(19)11(6-10)13(15,16)17/h5-6,8,18-19H,1-4,7H2. The van der Waals surface area contributed by atoms with Crippen LogP contribution in [0.5, 0.6) is 5.75 Å². The van der Waals surface area contributed by atoms with Crippen molar-refractivity contribution in [2.75, 3.05) is 13.1 Å². The van der Waals surface area contributed by atoms with E-state index in [0.29, 0.717) is 6.42 Å². The van der Waals surface area contributed by atoms with Crippen molar-refractivity contribution in [3.8, 4) is 5.75 Å². The normalized spacial score (nSPS) is 20.5. The van der Waals surface area contributed by atoms with Gasteiger partial charge in [-0.2, -0.15) is 13.2 Å². The van der Waals surface area contributed by atoms with Crippen LogP contribution in [0.4, 0.5) is 13.2 Å². The van der Waals surface area contributed by atoms with Crippen LogP contribution in [-0.2, 0) is 12.6 Å². The summed E-state index contributed by atoms with van der Waals surface area (Å²) in [6.45, 7) is 1.69. The first kappa shape index (κ1) is 14.5. The Balaban J connectivity index is 2.27. The van der Waals surface area contributed by atoms with Crippen LogP contribution in [-0.4, -0.2) is 18.2 Å². The summed E-state index contributed by atoms with van der Waals surface area (Å²) in [5.41, 5.74) is -0.785. The summed E-state index contributed by atoms with van der Waals surface area (Å²) in [7, 11) is 0. The molecule has 0 aliphatic carbocycles. The molecule has 2 rings (SSSR count). The molecule has 0 saturated carbocycles. The Morgan fingerprint density at radius 3 is 2.68 bits per heavy atom. The minimum absolute atomic E-state index is 0.00361. The Bertz CT molecular complexity index is 456. The molecule has 1 aliphatic heterocycles. The average Bonchev–Trinajstić information content (AvgIpc) is 2.33. The fourth-order valence-corrected chi connectivity index (χ4v) is 2.68. The van der Waals surface area contributed by atoms with Crippen molar-refractivity contribution in [1.29, 1.82) is 0 Å². The second-order valence-corrected chi connectivity index (χ2v) is 5.31. The Kier molecular flexibility index (Phi) is 4.26. The third-order valence-electron chi connectivity index (χ3n) is 3.37. The maximum absolute atomic E-state index is 12.8. The summed E-state index contributed by atoms with van der Waals surface area (Å²) in [5, 5.41) is 13.0. The summed E-state index contributed by atoms with van der Waals surface area (Å²) in [6.07, 6.45) is -2.24. The third-order valence-corrected chi connectivity index (χ3v) is 3.58. The number of alkyl halides is 3. The van der Waals surface area contributed by atoms with E-state index in [4.69, 9.17) is 11.6 Å². The van der Waals surface area contributed by atoms with Gasteiger partial charge in [-0.05, 0) is 56.0 Å². The largest absolute Gasteiger partial charge is 0.507 e. The molecule has 1 aliphatic rings. The zero-order valence-corrected chi connectivity index (χ0v) is 11.0. The number of phenols is 1. The summed E-state index contributed by atoms with van der Waals surface area (Å²) in [4.78, 5) is 0. The van der Waals surface area contributed by atoms with Gasteiger partial charge in [0.05, 0.1) is 5.56 Å². The van der Waals surface area contributed by atoms with Gasteiger partial charge in [-0.1, -0.05) is 11.6 Å². The average molecular weight is 294 g/mol. The van der Waals surface area contributed by atoms with Gasteiger partial charge in [-0.3, -0.25) is 0 Å². The first-order valence-electron chi connectivity index (χ1n) is 6.17. The van der Waals surface area contributed by atoms with Gasteiger partial charge >= 0.3 is 6.18 Å². The second-order valence-electron chi connectivity index (χ2n) is 4.88. The predicted octanol–water partition coefficient (Wildman–Crippen LogP) is 3.61. The minimum Gasteiger partial charge on any atom is -0.507 e. The molecule has 1 atom stereocenters. The van der Waals surface area contributed by atoms with Gasteiger partial charge < -0.3 is 10.4 Å². The maximum atomic E-state index is 12.8. The molecule has 106 valence electrons. The highest BCUT2D eigenvalue weighted by Crippen LogP contribution is 2.40. The lowest BCUT2D eigenvalue weighted by Crippen LogP contribution is -2.30. The number of hydrogen-bond donors (Lipinski definition) is 2. The molecule has 0 aromatic heterocycles. The quantitative estimate of drug-likeness (QED) is 0.873. The first-order chi connectivity index (χ1) is 8.88. The van der Waals surface area contributed by atoms with Gasteiger partial charge in [-0.15, -0.1) is 0 Å². The molecule has 1 aromatic carbocycles. The SMILES string of the molecule is Oc1c(CC2CCCNC2)cc(Cl)cc1C(F)(F)F. The van der Waals surface area contributed by atoms with Gasteiger partial charge in [0.1, 0.15) is 5.75 Å². The molecule has 6 heteroatoms. The lowest BCUT2D eigenvalue weighted by atomic mass is 9.91. The molecule has 1 fully saturated rings. The smallest absolute Gasteiger partial charge is 0.420 e. The Morgan fingerprint density at radius 1 is 1.37 bits per heavy atom. The van der Waals surface area contributed by atoms with E-state index < -0.39 is 17.5 Å².